The first-order chi connectivity index (χ1) is 14.1. The standard InChI is InChI=1S/C22H20O5P2/c1-29-18-12-10-17(11-13-18)26-22(24)27-20-5-3-2-4-19(20)21(23)25-16-8-6-15(14-28)7-9-16/h2-13,29H,14,28H2,1H3. The summed E-state index contributed by atoms with van der Waals surface area (Å²) in [6.07, 6.45) is -0.115. The maximum absolute atomic E-state index is 12.5. The Kier molecular flexibility index (Phi) is 7.35. The van der Waals surface area contributed by atoms with Gasteiger partial charge in [-0.05, 0) is 60.1 Å². The molecule has 5 nitrogen and oxygen atoms in total. The first kappa shape index (κ1) is 21.0. The number of para-hydroxylation sites is 1. The van der Waals surface area contributed by atoms with Gasteiger partial charge in [0.05, 0.1) is 0 Å². The summed E-state index contributed by atoms with van der Waals surface area (Å²) in [6.45, 7) is 2.07. The Bertz CT molecular complexity index is 985. The third-order valence-electron chi connectivity index (χ3n) is 4.01. The van der Waals surface area contributed by atoms with Crippen molar-refractivity contribution in [1.82, 2.24) is 0 Å². The molecule has 0 aliphatic rings. The highest BCUT2D eigenvalue weighted by Gasteiger charge is 2.18. The van der Waals surface area contributed by atoms with Crippen molar-refractivity contribution in [2.45, 2.75) is 6.16 Å². The minimum atomic E-state index is -0.929. The van der Waals surface area contributed by atoms with Crippen LogP contribution in [0, 0.1) is 0 Å². The van der Waals surface area contributed by atoms with Crippen molar-refractivity contribution < 1.29 is 23.8 Å². The first-order valence-corrected chi connectivity index (χ1v) is 11.2. The zero-order valence-electron chi connectivity index (χ0n) is 15.8. The Labute approximate surface area is 173 Å². The molecule has 29 heavy (non-hydrogen) atoms. The highest BCUT2D eigenvalue weighted by atomic mass is 31.1. The quantitative estimate of drug-likeness (QED) is 0.245. The van der Waals surface area contributed by atoms with Crippen LogP contribution in [0.4, 0.5) is 4.79 Å². The summed E-state index contributed by atoms with van der Waals surface area (Å²) in [5.74, 6) is 0.216. The molecule has 3 rings (SSSR count). The van der Waals surface area contributed by atoms with Gasteiger partial charge in [0.25, 0.3) is 0 Å². The summed E-state index contributed by atoms with van der Waals surface area (Å²) in [5, 5.41) is 1.16. The van der Waals surface area contributed by atoms with Crippen LogP contribution in [-0.2, 0) is 6.16 Å². The second-order valence-corrected chi connectivity index (χ2v) is 7.45. The van der Waals surface area contributed by atoms with E-state index in [0.29, 0.717) is 20.1 Å². The molecular weight excluding hydrogens is 406 g/mol. The Morgan fingerprint density at radius 2 is 1.45 bits per heavy atom. The number of benzene rings is 3. The minimum absolute atomic E-state index is 0.0655. The monoisotopic (exact) mass is 426 g/mol. The fraction of sp³-hybridized carbons (Fsp3) is 0.0909. The van der Waals surface area contributed by atoms with Crippen molar-refractivity contribution in [1.29, 1.82) is 0 Å². The normalized spacial score (nSPS) is 10.7. The van der Waals surface area contributed by atoms with Crippen molar-refractivity contribution >= 4 is 35.2 Å². The van der Waals surface area contributed by atoms with Gasteiger partial charge in [-0.1, -0.05) is 45.0 Å². The molecule has 0 bridgehead atoms. The summed E-state index contributed by atoms with van der Waals surface area (Å²) < 4.78 is 15.8. The van der Waals surface area contributed by atoms with Crippen LogP contribution < -0.4 is 19.5 Å². The predicted octanol–water partition coefficient (Wildman–Crippen LogP) is 4.79. The summed E-state index contributed by atoms with van der Waals surface area (Å²) in [7, 11) is 3.29. The Balaban J connectivity index is 1.68. The number of ether oxygens (including phenoxy) is 3. The van der Waals surface area contributed by atoms with E-state index < -0.39 is 12.1 Å². The molecule has 3 aromatic rings. The summed E-state index contributed by atoms with van der Waals surface area (Å²) in [5.41, 5.74) is 1.23. The van der Waals surface area contributed by atoms with Crippen LogP contribution in [0.5, 0.6) is 17.2 Å². The molecule has 0 saturated carbocycles. The molecule has 0 aliphatic carbocycles. The van der Waals surface area contributed by atoms with Gasteiger partial charge in [0.1, 0.15) is 22.8 Å². The van der Waals surface area contributed by atoms with Crippen LogP contribution in [0.2, 0.25) is 0 Å². The number of carbonyl (C=O) groups is 2. The average molecular weight is 426 g/mol. The van der Waals surface area contributed by atoms with Gasteiger partial charge in [-0.25, -0.2) is 9.59 Å². The highest BCUT2D eigenvalue weighted by Crippen LogP contribution is 2.22. The average Bonchev–Trinajstić information content (AvgIpc) is 2.75. The highest BCUT2D eigenvalue weighted by molar-refractivity contribution is 7.46. The molecule has 3 aromatic carbocycles. The van der Waals surface area contributed by atoms with E-state index in [-0.39, 0.29) is 11.3 Å². The maximum atomic E-state index is 12.5. The van der Waals surface area contributed by atoms with Crippen LogP contribution in [0.3, 0.4) is 0 Å². The summed E-state index contributed by atoms with van der Waals surface area (Å²) >= 11 is 0. The van der Waals surface area contributed by atoms with Crippen molar-refractivity contribution in [3.63, 3.8) is 0 Å². The van der Waals surface area contributed by atoms with E-state index in [4.69, 9.17) is 14.2 Å². The van der Waals surface area contributed by atoms with Crippen LogP contribution in [0.15, 0.2) is 72.8 Å². The van der Waals surface area contributed by atoms with Crippen LogP contribution in [-0.4, -0.2) is 18.8 Å². The lowest BCUT2D eigenvalue weighted by molar-refractivity contribution is 0.0731. The number of esters is 1. The minimum Gasteiger partial charge on any atom is -0.423 e. The molecule has 0 amide bonds. The number of hydrogen-bond acceptors (Lipinski definition) is 5. The molecule has 148 valence electrons. The van der Waals surface area contributed by atoms with Gasteiger partial charge in [0.2, 0.25) is 0 Å². The van der Waals surface area contributed by atoms with Crippen molar-refractivity contribution in [3.05, 3.63) is 83.9 Å². The van der Waals surface area contributed by atoms with Gasteiger partial charge < -0.3 is 14.2 Å². The van der Waals surface area contributed by atoms with Crippen molar-refractivity contribution in [2.75, 3.05) is 6.66 Å². The number of rotatable bonds is 6. The van der Waals surface area contributed by atoms with E-state index in [2.05, 4.69) is 15.9 Å². The molecular formula is C22H20O5P2. The van der Waals surface area contributed by atoms with E-state index in [1.54, 1.807) is 36.4 Å². The van der Waals surface area contributed by atoms with Crippen molar-refractivity contribution in [3.8, 4) is 17.2 Å². The fourth-order valence-electron chi connectivity index (χ4n) is 2.48. The second-order valence-electron chi connectivity index (χ2n) is 5.96. The number of carbonyl (C=O) groups excluding carboxylic acids is 2. The van der Waals surface area contributed by atoms with Gasteiger partial charge in [0, 0.05) is 0 Å². The lowest BCUT2D eigenvalue weighted by Crippen LogP contribution is -2.17. The molecule has 0 heterocycles. The van der Waals surface area contributed by atoms with Crippen LogP contribution in [0.25, 0.3) is 0 Å². The lowest BCUT2D eigenvalue weighted by Gasteiger charge is -2.10. The van der Waals surface area contributed by atoms with Crippen molar-refractivity contribution in [2.24, 2.45) is 0 Å². The van der Waals surface area contributed by atoms with Crippen LogP contribution in [0.1, 0.15) is 15.9 Å². The summed E-state index contributed by atoms with van der Waals surface area (Å²) in [6, 6.07) is 20.7. The molecule has 0 fully saturated rings. The smallest absolute Gasteiger partial charge is 0.423 e. The Morgan fingerprint density at radius 3 is 2.10 bits per heavy atom. The lowest BCUT2D eigenvalue weighted by atomic mass is 10.2. The summed E-state index contributed by atoms with van der Waals surface area (Å²) in [4.78, 5) is 24.7. The fourth-order valence-corrected chi connectivity index (χ4v) is 3.25. The molecule has 2 unspecified atom stereocenters. The largest absolute Gasteiger partial charge is 0.519 e. The topological polar surface area (TPSA) is 61.8 Å². The number of hydrogen-bond donors (Lipinski definition) is 0. The molecule has 0 aliphatic heterocycles. The first-order valence-electron chi connectivity index (χ1n) is 8.86. The third-order valence-corrected chi connectivity index (χ3v) is 5.40. The van der Waals surface area contributed by atoms with Gasteiger partial charge in [-0.2, -0.15) is 0 Å². The van der Waals surface area contributed by atoms with Gasteiger partial charge >= 0.3 is 12.1 Å². The molecule has 0 N–H and O–H groups in total. The molecule has 0 spiro atoms. The zero-order valence-corrected chi connectivity index (χ0v) is 17.9. The van der Waals surface area contributed by atoms with E-state index in [1.807, 2.05) is 24.3 Å². The maximum Gasteiger partial charge on any atom is 0.519 e. The van der Waals surface area contributed by atoms with Gasteiger partial charge in [-0.15, -0.1) is 9.24 Å². The van der Waals surface area contributed by atoms with Crippen LogP contribution >= 0.6 is 17.8 Å². The van der Waals surface area contributed by atoms with Gasteiger partial charge in [-0.3, -0.25) is 0 Å². The Hall–Kier alpha value is -2.74. The molecule has 0 aromatic heterocycles. The van der Waals surface area contributed by atoms with E-state index in [0.717, 1.165) is 17.0 Å². The predicted molar refractivity (Wildman–Crippen MR) is 118 cm³/mol. The van der Waals surface area contributed by atoms with E-state index >= 15 is 0 Å². The zero-order chi connectivity index (χ0) is 20.6. The van der Waals surface area contributed by atoms with E-state index in [1.165, 1.54) is 12.1 Å². The third kappa shape index (κ3) is 5.87. The molecule has 7 heteroatoms. The SMILES string of the molecule is CPc1ccc(OC(=O)Oc2ccccc2C(=O)Oc2ccc(CP)cc2)cc1. The molecule has 0 radical (unpaired) electrons. The molecule has 2 atom stereocenters. The second kappa shape index (κ2) is 10.2. The molecule has 0 saturated heterocycles. The van der Waals surface area contributed by atoms with Gasteiger partial charge in [0.15, 0.2) is 0 Å². The van der Waals surface area contributed by atoms with E-state index in [9.17, 15) is 9.59 Å². The Morgan fingerprint density at radius 1 is 0.828 bits per heavy atom.